The number of carbonyl (C=O) groups is 2. The first kappa shape index (κ1) is 64.3. The monoisotopic (exact) mass is 936 g/mol. The summed E-state index contributed by atoms with van der Waals surface area (Å²) in [6, 6.07) is -0.746. The fourth-order valence-corrected chi connectivity index (χ4v) is 8.45. The summed E-state index contributed by atoms with van der Waals surface area (Å²) < 4.78 is 5.84. The molecule has 0 aromatic rings. The number of aliphatic hydroxyl groups is 2. The van der Waals surface area contributed by atoms with Crippen LogP contribution >= 0.6 is 0 Å². The van der Waals surface area contributed by atoms with Gasteiger partial charge in [-0.25, -0.2) is 0 Å². The Labute approximate surface area is 415 Å². The third-order valence-electron chi connectivity index (χ3n) is 12.8. The fourth-order valence-electron chi connectivity index (χ4n) is 8.45. The molecule has 0 saturated carbocycles. The molecule has 388 valence electrons. The van der Waals surface area contributed by atoms with Crippen molar-refractivity contribution >= 4 is 11.9 Å². The number of ether oxygens (including phenoxy) is 1. The summed E-state index contributed by atoms with van der Waals surface area (Å²) in [5.74, 6) is -0.628. The average Bonchev–Trinajstić information content (AvgIpc) is 3.32. The highest BCUT2D eigenvalue weighted by atomic mass is 16.5. The first-order chi connectivity index (χ1) is 33.0. The molecule has 0 spiro atoms. The van der Waals surface area contributed by atoms with Gasteiger partial charge < -0.3 is 20.3 Å². The van der Waals surface area contributed by atoms with Gasteiger partial charge in [-0.3, -0.25) is 9.59 Å². The maximum absolute atomic E-state index is 13.2. The molecule has 6 heteroatoms. The predicted octanol–water partition coefficient (Wildman–Crippen LogP) is 17.7. The zero-order valence-electron chi connectivity index (χ0n) is 44.3. The quantitative estimate of drug-likeness (QED) is 0.0321. The van der Waals surface area contributed by atoms with Gasteiger partial charge in [0.25, 0.3) is 0 Å². The van der Waals surface area contributed by atoms with Crippen LogP contribution in [0.1, 0.15) is 278 Å². The van der Waals surface area contributed by atoms with Crippen molar-refractivity contribution in [3.63, 3.8) is 0 Å². The van der Waals surface area contributed by atoms with Crippen molar-refractivity contribution in [2.45, 2.75) is 296 Å². The highest BCUT2D eigenvalue weighted by molar-refractivity contribution is 5.78. The Morgan fingerprint density at radius 1 is 0.463 bits per heavy atom. The Morgan fingerprint density at radius 2 is 0.836 bits per heavy atom. The minimum atomic E-state index is -0.823. The summed E-state index contributed by atoms with van der Waals surface area (Å²) in [6.45, 7) is 6.35. The number of nitrogens with one attached hydrogen (secondary N) is 1. The number of amides is 1. The summed E-state index contributed by atoms with van der Waals surface area (Å²) >= 11 is 0. The first-order valence-corrected chi connectivity index (χ1v) is 28.7. The lowest BCUT2D eigenvalue weighted by atomic mass is 10.0. The molecule has 1 amide bonds. The van der Waals surface area contributed by atoms with Gasteiger partial charge in [0, 0.05) is 6.42 Å². The Balaban J connectivity index is 4.63. The van der Waals surface area contributed by atoms with E-state index in [1.807, 2.05) is 6.08 Å². The van der Waals surface area contributed by atoms with E-state index in [9.17, 15) is 19.8 Å². The van der Waals surface area contributed by atoms with Crippen LogP contribution in [0, 0.1) is 0 Å². The van der Waals surface area contributed by atoms with Gasteiger partial charge in [-0.2, -0.15) is 0 Å². The minimum Gasteiger partial charge on any atom is -0.458 e. The van der Waals surface area contributed by atoms with Crippen LogP contribution in [-0.2, 0) is 14.3 Å². The molecule has 0 radical (unpaired) electrons. The molecule has 0 aromatic heterocycles. The van der Waals surface area contributed by atoms with Gasteiger partial charge in [0.2, 0.25) is 5.91 Å². The zero-order valence-corrected chi connectivity index (χ0v) is 44.3. The van der Waals surface area contributed by atoms with Gasteiger partial charge in [-0.05, 0) is 76.7 Å². The molecule has 6 nitrogen and oxygen atoms in total. The van der Waals surface area contributed by atoms with Gasteiger partial charge in [0.05, 0.1) is 25.2 Å². The molecule has 0 aromatic carbocycles. The van der Waals surface area contributed by atoms with Crippen LogP contribution < -0.4 is 5.32 Å². The van der Waals surface area contributed by atoms with E-state index in [4.69, 9.17) is 4.74 Å². The molecule has 3 atom stereocenters. The van der Waals surface area contributed by atoms with Crippen molar-refractivity contribution in [2.24, 2.45) is 0 Å². The van der Waals surface area contributed by atoms with Crippen LogP contribution in [0.2, 0.25) is 0 Å². The van der Waals surface area contributed by atoms with Crippen molar-refractivity contribution < 1.29 is 24.5 Å². The van der Waals surface area contributed by atoms with Crippen molar-refractivity contribution in [3.05, 3.63) is 72.9 Å². The number of esters is 1. The van der Waals surface area contributed by atoms with Crippen LogP contribution in [0.3, 0.4) is 0 Å². The lowest BCUT2D eigenvalue weighted by Gasteiger charge is -2.23. The first-order valence-electron chi connectivity index (χ1n) is 28.7. The van der Waals surface area contributed by atoms with Gasteiger partial charge in [-0.15, -0.1) is 0 Å². The highest BCUT2D eigenvalue weighted by Gasteiger charge is 2.23. The molecule has 0 saturated heterocycles. The van der Waals surface area contributed by atoms with Crippen LogP contribution in [0.5, 0.6) is 0 Å². The lowest BCUT2D eigenvalue weighted by Crippen LogP contribution is -2.46. The highest BCUT2D eigenvalue weighted by Crippen LogP contribution is 2.17. The Bertz CT molecular complexity index is 1230. The zero-order chi connectivity index (χ0) is 48.8. The molecule has 0 fully saturated rings. The predicted molar refractivity (Wildman–Crippen MR) is 291 cm³/mol. The third-order valence-corrected chi connectivity index (χ3v) is 12.8. The van der Waals surface area contributed by atoms with Crippen molar-refractivity contribution in [1.82, 2.24) is 5.32 Å². The van der Waals surface area contributed by atoms with E-state index in [0.29, 0.717) is 19.3 Å². The minimum absolute atomic E-state index is 0.0486. The van der Waals surface area contributed by atoms with Crippen LogP contribution in [-0.4, -0.2) is 46.9 Å². The summed E-state index contributed by atoms with van der Waals surface area (Å²) in [5.41, 5.74) is 0. The summed E-state index contributed by atoms with van der Waals surface area (Å²) in [5, 5.41) is 23.8. The standard InChI is InChI=1S/C61H109NO5/c1-4-7-10-13-16-19-22-25-28-30-32-35-38-41-44-47-50-53-59(64)58(56-63)62-60(65)55-57(52-49-46-43-40-37-34-27-24-21-18-15-12-9-6-3)67-61(66)54-51-48-45-42-39-36-33-31-29-26-23-20-17-14-11-8-5-2/h9,12,18,21,26-27,29,34,40,43,49,52,57-59,63-64H,4-8,10-11,13-17,19-20,22-25,28,30-33,35-39,41-42,44-48,50-51,53-56H2,1-3H3,(H,62,65)/b12-9+,21-18+,29-26+,34-27+,43-40+,52-49+. The van der Waals surface area contributed by atoms with E-state index in [0.717, 1.165) is 64.2 Å². The Morgan fingerprint density at radius 3 is 1.25 bits per heavy atom. The van der Waals surface area contributed by atoms with Crippen molar-refractivity contribution in [1.29, 1.82) is 0 Å². The molecule has 0 heterocycles. The fraction of sp³-hybridized carbons (Fsp3) is 0.770. The second kappa shape index (κ2) is 54.2. The third kappa shape index (κ3) is 49.5. The number of hydrogen-bond donors (Lipinski definition) is 3. The lowest BCUT2D eigenvalue weighted by molar-refractivity contribution is -0.148. The summed E-state index contributed by atoms with van der Waals surface area (Å²) in [6.07, 6.45) is 70.0. The maximum atomic E-state index is 13.2. The van der Waals surface area contributed by atoms with Crippen LogP contribution in [0.4, 0.5) is 0 Å². The summed E-state index contributed by atoms with van der Waals surface area (Å²) in [7, 11) is 0. The van der Waals surface area contributed by atoms with Gasteiger partial charge >= 0.3 is 5.97 Å². The Hall–Kier alpha value is -2.70. The molecule has 0 rings (SSSR count). The number of unbranched alkanes of at least 4 members (excludes halogenated alkanes) is 29. The van der Waals surface area contributed by atoms with E-state index in [2.05, 4.69) is 86.8 Å². The average molecular weight is 937 g/mol. The molecule has 0 bridgehead atoms. The van der Waals surface area contributed by atoms with E-state index >= 15 is 0 Å². The Kier molecular flexibility index (Phi) is 52.1. The van der Waals surface area contributed by atoms with Crippen molar-refractivity contribution in [2.75, 3.05) is 6.61 Å². The number of rotatable bonds is 51. The number of allylic oxidation sites excluding steroid dienone is 11. The maximum Gasteiger partial charge on any atom is 0.306 e. The molecular weight excluding hydrogens is 827 g/mol. The second-order valence-electron chi connectivity index (χ2n) is 19.3. The number of carbonyl (C=O) groups excluding carboxylic acids is 2. The molecule has 0 aliphatic heterocycles. The largest absolute Gasteiger partial charge is 0.458 e. The molecule has 0 aliphatic carbocycles. The van der Waals surface area contributed by atoms with Crippen LogP contribution in [0.25, 0.3) is 0 Å². The van der Waals surface area contributed by atoms with Gasteiger partial charge in [0.15, 0.2) is 0 Å². The van der Waals surface area contributed by atoms with Crippen LogP contribution in [0.15, 0.2) is 72.9 Å². The van der Waals surface area contributed by atoms with Gasteiger partial charge in [0.1, 0.15) is 6.10 Å². The smallest absolute Gasteiger partial charge is 0.306 e. The molecule has 0 aliphatic rings. The van der Waals surface area contributed by atoms with E-state index in [1.165, 1.54) is 167 Å². The number of aliphatic hydroxyl groups excluding tert-OH is 2. The van der Waals surface area contributed by atoms with Gasteiger partial charge in [-0.1, -0.05) is 261 Å². The molecule has 3 unspecified atom stereocenters. The van der Waals surface area contributed by atoms with E-state index in [1.54, 1.807) is 6.08 Å². The van der Waals surface area contributed by atoms with Crippen molar-refractivity contribution in [3.8, 4) is 0 Å². The second-order valence-corrected chi connectivity index (χ2v) is 19.3. The molecule has 67 heavy (non-hydrogen) atoms. The van der Waals surface area contributed by atoms with E-state index < -0.39 is 18.2 Å². The summed E-state index contributed by atoms with van der Waals surface area (Å²) in [4.78, 5) is 26.2. The molecular formula is C61H109NO5. The number of hydrogen-bond acceptors (Lipinski definition) is 5. The molecule has 3 N–H and O–H groups in total. The normalized spacial score (nSPS) is 13.7. The topological polar surface area (TPSA) is 95.9 Å². The van der Waals surface area contributed by atoms with E-state index in [-0.39, 0.29) is 24.9 Å². The SMILES string of the molecule is CC/C=C/C/C=C/C/C=C/C/C=C/C/C=C/C(CC(=O)NC(CO)C(O)CCCCCCCCCCCCCCCCCCC)OC(=O)CCCCCCCCC/C=C/CCCCCCCC.